The van der Waals surface area contributed by atoms with Crippen LogP contribution in [-0.4, -0.2) is 41.6 Å². The van der Waals surface area contributed by atoms with Gasteiger partial charge in [-0.2, -0.15) is 0 Å². The number of nitrogens with zero attached hydrogens (tertiary/aromatic N) is 1. The number of amides is 2. The van der Waals surface area contributed by atoms with Gasteiger partial charge in [0.15, 0.2) is 0 Å². The zero-order chi connectivity index (χ0) is 15.7. The molecule has 1 heterocycles. The summed E-state index contributed by atoms with van der Waals surface area (Å²) >= 11 is 0. The molecule has 1 fully saturated rings. The Labute approximate surface area is 128 Å². The van der Waals surface area contributed by atoms with Gasteiger partial charge in [0.25, 0.3) is 0 Å². The minimum Gasteiger partial charge on any atom is -0.481 e. The van der Waals surface area contributed by atoms with Crippen molar-refractivity contribution in [3.05, 3.63) is 0 Å². The van der Waals surface area contributed by atoms with E-state index in [4.69, 9.17) is 5.11 Å². The van der Waals surface area contributed by atoms with Crippen molar-refractivity contribution >= 4 is 12.0 Å². The summed E-state index contributed by atoms with van der Waals surface area (Å²) in [6, 6.07) is 0.00863. The van der Waals surface area contributed by atoms with Crippen molar-refractivity contribution in [1.29, 1.82) is 0 Å². The Morgan fingerprint density at radius 2 is 2.10 bits per heavy atom. The highest BCUT2D eigenvalue weighted by Gasteiger charge is 2.20. The first kappa shape index (κ1) is 17.8. The highest BCUT2D eigenvalue weighted by atomic mass is 16.4. The molecule has 1 rings (SSSR count). The van der Waals surface area contributed by atoms with Crippen molar-refractivity contribution in [3.63, 3.8) is 0 Å². The number of likely N-dealkylation sites (tertiary alicyclic amines) is 1. The van der Waals surface area contributed by atoms with Crippen LogP contribution < -0.4 is 5.32 Å². The summed E-state index contributed by atoms with van der Waals surface area (Å²) in [5.41, 5.74) is 0. The normalized spacial score (nSPS) is 20.7. The number of carbonyl (C=O) groups is 2. The predicted octanol–water partition coefficient (Wildman–Crippen LogP) is 3.10. The molecule has 2 atom stereocenters. The van der Waals surface area contributed by atoms with Gasteiger partial charge in [-0.05, 0) is 37.5 Å². The Bertz CT molecular complexity index is 333. The molecule has 1 aliphatic rings. The molecular weight excluding hydrogens is 268 g/mol. The molecule has 2 unspecified atom stereocenters. The first-order chi connectivity index (χ1) is 10.0. The minimum absolute atomic E-state index is 0.00863. The average molecular weight is 298 g/mol. The van der Waals surface area contributed by atoms with Gasteiger partial charge >= 0.3 is 12.0 Å². The molecule has 0 radical (unpaired) electrons. The van der Waals surface area contributed by atoms with E-state index in [2.05, 4.69) is 12.2 Å². The number of nitrogens with one attached hydrogen (secondary N) is 1. The smallest absolute Gasteiger partial charge is 0.317 e. The van der Waals surface area contributed by atoms with Crippen LogP contribution in [0.3, 0.4) is 0 Å². The van der Waals surface area contributed by atoms with Crippen LogP contribution in [0.5, 0.6) is 0 Å². The van der Waals surface area contributed by atoms with Crippen molar-refractivity contribution in [2.45, 2.75) is 58.8 Å². The maximum atomic E-state index is 12.2. The van der Waals surface area contributed by atoms with Crippen LogP contribution in [0.2, 0.25) is 0 Å². The topological polar surface area (TPSA) is 69.6 Å². The summed E-state index contributed by atoms with van der Waals surface area (Å²) in [6.45, 7) is 6.44. The SMILES string of the molecule is CCCC1CCCN(C(=O)NCC(C)CCC(=O)O)CC1. The number of hydrogen-bond donors (Lipinski definition) is 2. The summed E-state index contributed by atoms with van der Waals surface area (Å²) in [5.74, 6) is 0.190. The standard InChI is InChI=1S/C16H30N2O3/c1-3-5-14-6-4-10-18(11-9-14)16(21)17-12-13(2)7-8-15(19)20/h13-14H,3-12H2,1-2H3,(H,17,21)(H,19,20). The maximum absolute atomic E-state index is 12.2. The lowest BCUT2D eigenvalue weighted by atomic mass is 9.96. The molecule has 5 heteroatoms. The van der Waals surface area contributed by atoms with Gasteiger partial charge in [0.05, 0.1) is 0 Å². The van der Waals surface area contributed by atoms with E-state index in [1.807, 2.05) is 11.8 Å². The average Bonchev–Trinajstić information content (AvgIpc) is 2.68. The predicted molar refractivity (Wildman–Crippen MR) is 83.3 cm³/mol. The lowest BCUT2D eigenvalue weighted by Crippen LogP contribution is -2.42. The Morgan fingerprint density at radius 3 is 2.76 bits per heavy atom. The summed E-state index contributed by atoms with van der Waals surface area (Å²) in [4.78, 5) is 24.6. The molecule has 2 N–H and O–H groups in total. The highest BCUT2D eigenvalue weighted by Crippen LogP contribution is 2.21. The molecule has 2 amide bonds. The monoisotopic (exact) mass is 298 g/mol. The van der Waals surface area contributed by atoms with Crippen molar-refractivity contribution in [3.8, 4) is 0 Å². The van der Waals surface area contributed by atoms with Crippen LogP contribution in [0.4, 0.5) is 4.79 Å². The molecule has 21 heavy (non-hydrogen) atoms. The second-order valence-electron chi connectivity index (χ2n) is 6.30. The third-order valence-electron chi connectivity index (χ3n) is 4.28. The van der Waals surface area contributed by atoms with Crippen LogP contribution >= 0.6 is 0 Å². The van der Waals surface area contributed by atoms with Gasteiger partial charge in [0, 0.05) is 26.1 Å². The molecule has 0 aromatic heterocycles. The number of hydrogen-bond acceptors (Lipinski definition) is 2. The Hall–Kier alpha value is -1.26. The molecule has 0 aromatic carbocycles. The van der Waals surface area contributed by atoms with Crippen LogP contribution in [0.25, 0.3) is 0 Å². The van der Waals surface area contributed by atoms with Crippen molar-refractivity contribution < 1.29 is 14.7 Å². The molecule has 1 aliphatic heterocycles. The second-order valence-corrected chi connectivity index (χ2v) is 6.30. The van der Waals surface area contributed by atoms with Gasteiger partial charge in [0.1, 0.15) is 0 Å². The number of carboxylic acids is 1. The first-order valence-corrected chi connectivity index (χ1v) is 8.27. The molecule has 1 saturated heterocycles. The van der Waals surface area contributed by atoms with Gasteiger partial charge in [0.2, 0.25) is 0 Å². The van der Waals surface area contributed by atoms with Crippen molar-refractivity contribution in [1.82, 2.24) is 10.2 Å². The molecule has 0 saturated carbocycles. The lowest BCUT2D eigenvalue weighted by molar-refractivity contribution is -0.137. The number of urea groups is 1. The number of aliphatic carboxylic acids is 1. The van der Waals surface area contributed by atoms with Gasteiger partial charge in [-0.3, -0.25) is 4.79 Å². The van der Waals surface area contributed by atoms with Gasteiger partial charge in [-0.15, -0.1) is 0 Å². The summed E-state index contributed by atoms with van der Waals surface area (Å²) in [5, 5.41) is 11.6. The number of carboxylic acid groups (broad SMARTS) is 1. The molecule has 0 aromatic rings. The van der Waals surface area contributed by atoms with E-state index in [1.165, 1.54) is 19.3 Å². The molecule has 122 valence electrons. The van der Waals surface area contributed by atoms with E-state index >= 15 is 0 Å². The van der Waals surface area contributed by atoms with Crippen LogP contribution in [0, 0.1) is 11.8 Å². The summed E-state index contributed by atoms with van der Waals surface area (Å²) in [7, 11) is 0. The number of rotatable bonds is 7. The zero-order valence-corrected chi connectivity index (χ0v) is 13.4. The second kappa shape index (κ2) is 9.64. The van der Waals surface area contributed by atoms with Gasteiger partial charge in [-0.25, -0.2) is 4.79 Å². The van der Waals surface area contributed by atoms with Crippen LogP contribution in [0.15, 0.2) is 0 Å². The van der Waals surface area contributed by atoms with Crippen LogP contribution in [0.1, 0.15) is 58.8 Å². The number of carbonyl (C=O) groups excluding carboxylic acids is 1. The fourth-order valence-corrected chi connectivity index (χ4v) is 2.91. The first-order valence-electron chi connectivity index (χ1n) is 8.27. The minimum atomic E-state index is -0.775. The van der Waals surface area contributed by atoms with Crippen molar-refractivity contribution in [2.24, 2.45) is 11.8 Å². The fraction of sp³-hybridized carbons (Fsp3) is 0.875. The molecule has 0 spiro atoms. The Balaban J connectivity index is 2.26. The molecular formula is C16H30N2O3. The zero-order valence-electron chi connectivity index (χ0n) is 13.4. The van der Waals surface area contributed by atoms with E-state index in [9.17, 15) is 9.59 Å². The maximum Gasteiger partial charge on any atom is 0.317 e. The third-order valence-corrected chi connectivity index (χ3v) is 4.28. The summed E-state index contributed by atoms with van der Waals surface area (Å²) < 4.78 is 0. The van der Waals surface area contributed by atoms with Gasteiger partial charge in [-0.1, -0.05) is 26.7 Å². The largest absolute Gasteiger partial charge is 0.481 e. The quantitative estimate of drug-likeness (QED) is 0.758. The molecule has 0 bridgehead atoms. The lowest BCUT2D eigenvalue weighted by Gasteiger charge is -2.22. The fourth-order valence-electron chi connectivity index (χ4n) is 2.91. The summed E-state index contributed by atoms with van der Waals surface area (Å²) in [6.07, 6.45) is 6.68. The van der Waals surface area contributed by atoms with E-state index < -0.39 is 5.97 Å². The van der Waals surface area contributed by atoms with E-state index in [0.717, 1.165) is 31.8 Å². The third kappa shape index (κ3) is 7.34. The Morgan fingerprint density at radius 1 is 1.33 bits per heavy atom. The van der Waals surface area contributed by atoms with Gasteiger partial charge < -0.3 is 15.3 Å². The Kier molecular flexibility index (Phi) is 8.16. The van der Waals surface area contributed by atoms with E-state index in [1.54, 1.807) is 0 Å². The van der Waals surface area contributed by atoms with E-state index in [-0.39, 0.29) is 18.4 Å². The molecule has 5 nitrogen and oxygen atoms in total. The van der Waals surface area contributed by atoms with Crippen LogP contribution in [-0.2, 0) is 4.79 Å². The van der Waals surface area contributed by atoms with Crippen molar-refractivity contribution in [2.75, 3.05) is 19.6 Å². The highest BCUT2D eigenvalue weighted by molar-refractivity contribution is 5.74. The molecule has 0 aliphatic carbocycles. The van der Waals surface area contributed by atoms with E-state index in [0.29, 0.717) is 13.0 Å².